The van der Waals surface area contributed by atoms with Crippen molar-refractivity contribution in [3.63, 3.8) is 0 Å². The average Bonchev–Trinajstić information content (AvgIpc) is 1.50. The Morgan fingerprint density at radius 3 is 0.667 bits per heavy atom. The van der Waals surface area contributed by atoms with Gasteiger partial charge in [-0.25, -0.2) is 0 Å². The standard InChI is InChI=1S/2Cs.2O.2W.2H. The summed E-state index contributed by atoms with van der Waals surface area (Å²) >= 11 is 0.667. The topological polar surface area (TPSA) is 34.1 Å². The fraction of sp³-hybridized carbons (Fsp3) is 0. The minimum atomic E-state index is 0. The van der Waals surface area contributed by atoms with Crippen LogP contribution in [0.3, 0.4) is 0 Å². The van der Waals surface area contributed by atoms with Gasteiger partial charge in [-0.1, -0.05) is 0 Å². The third kappa shape index (κ3) is 23.0. The Hall–Kier alpha value is 5.08. The van der Waals surface area contributed by atoms with Crippen LogP contribution in [0, 0.1) is 0 Å². The van der Waals surface area contributed by atoms with E-state index in [1.807, 2.05) is 0 Å². The van der Waals surface area contributed by atoms with E-state index in [9.17, 15) is 0 Å². The van der Waals surface area contributed by atoms with Crippen molar-refractivity contribution in [2.45, 2.75) is 0 Å². The van der Waals surface area contributed by atoms with Crippen molar-refractivity contribution in [1.82, 2.24) is 0 Å². The van der Waals surface area contributed by atoms with Crippen molar-refractivity contribution in [2.75, 3.05) is 0 Å². The molecule has 0 unspecified atom stereocenters. The van der Waals surface area contributed by atoms with E-state index in [2.05, 4.69) is 0 Å². The molecule has 0 aliphatic carbocycles. The molecule has 28 valence electrons. The monoisotopic (exact) mass is 668 g/mol. The summed E-state index contributed by atoms with van der Waals surface area (Å²) in [6, 6.07) is 0. The molecular weight excluding hydrogens is 665 g/mol. The molecule has 2 nitrogen and oxygen atoms in total. The zero-order chi connectivity index (χ0) is 4.00. The van der Waals surface area contributed by atoms with E-state index in [0.717, 1.165) is 0 Å². The average molecular weight is 668 g/mol. The Labute approximate surface area is 177 Å². The molecule has 6 heavy (non-hydrogen) atoms. The first kappa shape index (κ1) is 22.5. The summed E-state index contributed by atoms with van der Waals surface area (Å²) in [5.41, 5.74) is 0. The van der Waals surface area contributed by atoms with Gasteiger partial charge < -0.3 is 0 Å². The van der Waals surface area contributed by atoms with Crippen LogP contribution < -0.4 is 0 Å². The van der Waals surface area contributed by atoms with Crippen LogP contribution in [-0.2, 0) is 46.3 Å². The van der Waals surface area contributed by atoms with Crippen LogP contribution in [0.2, 0.25) is 0 Å². The molecule has 0 radical (unpaired) electrons. The predicted octanol–water partition coefficient (Wildman–Crippen LogP) is -1.54. The van der Waals surface area contributed by atoms with E-state index < -0.39 is 0 Å². The second-order valence-electron chi connectivity index (χ2n) is 0. The molecule has 0 aliphatic heterocycles. The zero-order valence-electron chi connectivity index (χ0n) is 1.63. The van der Waals surface area contributed by atoms with Crippen molar-refractivity contribution >= 4 is 138 Å². The molecule has 0 aromatic carbocycles. The molecule has 0 saturated heterocycles. The van der Waals surface area contributed by atoms with Gasteiger partial charge in [-0.3, -0.25) is 0 Å². The predicted molar refractivity (Wildman–Crippen MR) is 15.7 cm³/mol. The summed E-state index contributed by atoms with van der Waals surface area (Å²) in [5.74, 6) is 0. The zero-order valence-corrected chi connectivity index (χ0v) is 7.50. The summed E-state index contributed by atoms with van der Waals surface area (Å²) in [6.07, 6.45) is 0. The van der Waals surface area contributed by atoms with Crippen LogP contribution in [0.4, 0.5) is 0 Å². The Balaban J connectivity index is -0.00000000500. The van der Waals surface area contributed by atoms with E-state index >= 15 is 0 Å². The third-order valence-electron chi connectivity index (χ3n) is 0. The first-order chi connectivity index (χ1) is 2.00. The van der Waals surface area contributed by atoms with E-state index in [0.29, 0.717) is 39.6 Å². The molecule has 0 heterocycles. The van der Waals surface area contributed by atoms with E-state index in [4.69, 9.17) is 6.80 Å². The molecule has 6 heteroatoms. The molecule has 0 saturated carbocycles. The maximum atomic E-state index is 8.33. The second kappa shape index (κ2) is 32.2. The van der Waals surface area contributed by atoms with Gasteiger partial charge in [0.2, 0.25) is 0 Å². The summed E-state index contributed by atoms with van der Waals surface area (Å²) in [5, 5.41) is 0. The van der Waals surface area contributed by atoms with Crippen molar-refractivity contribution in [3.8, 4) is 0 Å². The van der Waals surface area contributed by atoms with Crippen molar-refractivity contribution < 1.29 is 46.3 Å². The van der Waals surface area contributed by atoms with Gasteiger partial charge in [-0.15, -0.1) is 0 Å². The molecule has 0 rings (SSSR count). The normalized spacial score (nSPS) is 1.33. The number of hydrogen-bond donors (Lipinski definition) is 0. The molecule has 0 aromatic heterocycles. The third-order valence-corrected chi connectivity index (χ3v) is 0. The summed E-state index contributed by atoms with van der Waals surface area (Å²) < 4.78 is 16.7. The van der Waals surface area contributed by atoms with Gasteiger partial charge in [0.25, 0.3) is 0 Å². The van der Waals surface area contributed by atoms with E-state index in [-0.39, 0.29) is 138 Å². The molecule has 0 spiro atoms. The maximum absolute atomic E-state index is 8.33. The summed E-state index contributed by atoms with van der Waals surface area (Å²) in [7, 11) is 0. The Bertz CT molecular complexity index is 11.5. The fourth-order valence-electron chi connectivity index (χ4n) is 0. The van der Waals surface area contributed by atoms with Crippen molar-refractivity contribution in [1.29, 1.82) is 0 Å². The molecule has 0 fully saturated rings. The fourth-order valence-corrected chi connectivity index (χ4v) is 0. The first-order valence-corrected chi connectivity index (χ1v) is 2.73. The molecular formula is H2Cs2O2W2. The molecule has 0 atom stereocenters. The van der Waals surface area contributed by atoms with Crippen LogP contribution in [0.15, 0.2) is 0 Å². The van der Waals surface area contributed by atoms with E-state index in [1.165, 1.54) is 0 Å². The number of hydrogen-bond acceptors (Lipinski definition) is 2. The van der Waals surface area contributed by atoms with E-state index in [1.54, 1.807) is 0 Å². The molecule has 0 N–H and O–H groups in total. The molecule has 0 bridgehead atoms. The van der Waals surface area contributed by atoms with Crippen LogP contribution in [0.5, 0.6) is 0 Å². The molecule has 0 amide bonds. The SMILES string of the molecule is [CsH].[CsH].[O]=[W].[O]=[W]. The summed E-state index contributed by atoms with van der Waals surface area (Å²) in [6.45, 7) is 0. The summed E-state index contributed by atoms with van der Waals surface area (Å²) in [4.78, 5) is 0. The quantitative estimate of drug-likeness (QED) is 0.314. The molecule has 0 aliphatic rings. The Morgan fingerprint density at radius 2 is 0.667 bits per heavy atom. The van der Waals surface area contributed by atoms with Crippen LogP contribution in [0.25, 0.3) is 0 Å². The Morgan fingerprint density at radius 1 is 0.667 bits per heavy atom. The van der Waals surface area contributed by atoms with Gasteiger partial charge in [0.05, 0.1) is 0 Å². The second-order valence-corrected chi connectivity index (χ2v) is 0. The first-order valence-electron chi connectivity index (χ1n) is 0.333. The van der Waals surface area contributed by atoms with Crippen LogP contribution in [-0.4, -0.2) is 138 Å². The van der Waals surface area contributed by atoms with Crippen molar-refractivity contribution in [3.05, 3.63) is 0 Å². The van der Waals surface area contributed by atoms with Gasteiger partial charge in [0.1, 0.15) is 0 Å². The minimum absolute atomic E-state index is 0. The van der Waals surface area contributed by atoms with Crippen molar-refractivity contribution in [2.24, 2.45) is 0 Å². The van der Waals surface area contributed by atoms with Crippen LogP contribution in [0.1, 0.15) is 0 Å². The van der Waals surface area contributed by atoms with Gasteiger partial charge >= 0.3 is 184 Å². The van der Waals surface area contributed by atoms with Gasteiger partial charge in [-0.2, -0.15) is 0 Å². The van der Waals surface area contributed by atoms with Gasteiger partial charge in [0.15, 0.2) is 0 Å². The Kier molecular flexibility index (Phi) is 121. The molecule has 0 aromatic rings. The van der Waals surface area contributed by atoms with Gasteiger partial charge in [0, 0.05) is 0 Å². The van der Waals surface area contributed by atoms with Gasteiger partial charge in [-0.05, 0) is 0 Å². The number of rotatable bonds is 0. The van der Waals surface area contributed by atoms with Crippen LogP contribution >= 0.6 is 0 Å².